The molecule has 0 bridgehead atoms. The summed E-state index contributed by atoms with van der Waals surface area (Å²) in [7, 11) is 1.54. The number of carbonyl (C=O) groups excluding carboxylic acids is 1. The lowest BCUT2D eigenvalue weighted by molar-refractivity contribution is -0.118. The minimum atomic E-state index is -0.266. The van der Waals surface area contributed by atoms with E-state index >= 15 is 0 Å². The first-order chi connectivity index (χ1) is 14.5. The molecule has 1 amide bonds. The number of hydrogen-bond acceptors (Lipinski definition) is 4. The number of methoxy groups -OCH3 is 1. The molecule has 30 heavy (non-hydrogen) atoms. The Kier molecular flexibility index (Phi) is 7.49. The number of halogens is 2. The molecular weight excluding hydrogens is 468 g/mol. The highest BCUT2D eigenvalue weighted by molar-refractivity contribution is 9.10. The molecule has 7 heteroatoms. The summed E-state index contributed by atoms with van der Waals surface area (Å²) in [5.74, 6) is 0.662. The highest BCUT2D eigenvalue weighted by Gasteiger charge is 2.13. The number of benzene rings is 3. The highest BCUT2D eigenvalue weighted by atomic mass is 79.9. The lowest BCUT2D eigenvalue weighted by Gasteiger charge is -2.13. The van der Waals surface area contributed by atoms with Gasteiger partial charge in [-0.2, -0.15) is 0 Å². The van der Waals surface area contributed by atoms with Crippen LogP contribution in [0.5, 0.6) is 11.5 Å². The zero-order valence-electron chi connectivity index (χ0n) is 16.5. The van der Waals surface area contributed by atoms with Crippen LogP contribution in [0, 0.1) is 6.92 Å². The molecule has 0 saturated carbocycles. The Morgan fingerprint density at radius 2 is 1.93 bits per heavy atom. The smallest absolute Gasteiger partial charge is 0.262 e. The van der Waals surface area contributed by atoms with Gasteiger partial charge in [-0.1, -0.05) is 35.9 Å². The van der Waals surface area contributed by atoms with Crippen molar-refractivity contribution < 1.29 is 14.3 Å². The Labute approximate surface area is 188 Å². The normalized spacial score (nSPS) is 10.8. The van der Waals surface area contributed by atoms with Crippen molar-refractivity contribution in [1.29, 1.82) is 0 Å². The van der Waals surface area contributed by atoms with E-state index in [1.165, 1.54) is 0 Å². The van der Waals surface area contributed by atoms with Gasteiger partial charge in [0.2, 0.25) is 0 Å². The maximum absolute atomic E-state index is 12.2. The largest absolute Gasteiger partial charge is 0.493 e. The topological polar surface area (TPSA) is 59.9 Å². The molecule has 0 aromatic heterocycles. The number of aliphatic imine (C=N–C) groups is 1. The second-order valence-corrected chi connectivity index (χ2v) is 7.72. The van der Waals surface area contributed by atoms with Crippen LogP contribution >= 0.6 is 27.5 Å². The Morgan fingerprint density at radius 3 is 2.67 bits per heavy atom. The van der Waals surface area contributed by atoms with Gasteiger partial charge in [-0.15, -0.1) is 0 Å². The lowest BCUT2D eigenvalue weighted by atomic mass is 10.2. The third-order valence-corrected chi connectivity index (χ3v) is 5.00. The van der Waals surface area contributed by atoms with Gasteiger partial charge < -0.3 is 14.8 Å². The van der Waals surface area contributed by atoms with Crippen LogP contribution in [0.25, 0.3) is 0 Å². The average Bonchev–Trinajstić information content (AvgIpc) is 2.74. The van der Waals surface area contributed by atoms with Gasteiger partial charge in [-0.25, -0.2) is 0 Å². The molecular formula is C23H20BrClN2O3. The molecule has 0 radical (unpaired) electrons. The first kappa shape index (κ1) is 21.9. The van der Waals surface area contributed by atoms with Crippen molar-refractivity contribution in [2.24, 2.45) is 4.99 Å². The summed E-state index contributed by atoms with van der Waals surface area (Å²) in [4.78, 5) is 16.7. The molecule has 0 aliphatic rings. The maximum Gasteiger partial charge on any atom is 0.262 e. The number of carbonyl (C=O) groups is 1. The van der Waals surface area contributed by atoms with E-state index in [0.29, 0.717) is 26.7 Å². The maximum atomic E-state index is 12.2. The second kappa shape index (κ2) is 10.3. The highest BCUT2D eigenvalue weighted by Crippen LogP contribution is 2.36. The van der Waals surface area contributed by atoms with Gasteiger partial charge in [0, 0.05) is 16.9 Å². The lowest BCUT2D eigenvalue weighted by Crippen LogP contribution is -2.20. The van der Waals surface area contributed by atoms with E-state index in [-0.39, 0.29) is 12.5 Å². The van der Waals surface area contributed by atoms with Crippen molar-refractivity contribution in [2.45, 2.75) is 6.92 Å². The van der Waals surface area contributed by atoms with Crippen molar-refractivity contribution in [3.8, 4) is 11.5 Å². The third-order valence-electron chi connectivity index (χ3n) is 4.18. The molecule has 0 saturated heterocycles. The van der Waals surface area contributed by atoms with Crippen molar-refractivity contribution in [1.82, 2.24) is 0 Å². The average molecular weight is 488 g/mol. The van der Waals surface area contributed by atoms with Gasteiger partial charge in [0.05, 0.1) is 17.3 Å². The number of amides is 1. The van der Waals surface area contributed by atoms with Crippen LogP contribution in [0.3, 0.4) is 0 Å². The predicted molar refractivity (Wildman–Crippen MR) is 125 cm³/mol. The SMILES string of the molecule is COc1cc(C=Nc2cc(Cl)ccc2C)cc(Br)c1OCC(=O)Nc1ccccc1. The Bertz CT molecular complexity index is 1070. The first-order valence-corrected chi connectivity index (χ1v) is 10.3. The molecule has 3 rings (SSSR count). The number of nitrogens with zero attached hydrogens (tertiary/aromatic N) is 1. The van der Waals surface area contributed by atoms with Crippen LogP contribution in [0.2, 0.25) is 5.02 Å². The summed E-state index contributed by atoms with van der Waals surface area (Å²) in [6.45, 7) is 1.82. The van der Waals surface area contributed by atoms with Gasteiger partial charge in [0.15, 0.2) is 18.1 Å². The van der Waals surface area contributed by atoms with Gasteiger partial charge in [0.1, 0.15) is 0 Å². The van der Waals surface area contributed by atoms with Crippen LogP contribution < -0.4 is 14.8 Å². The summed E-state index contributed by atoms with van der Waals surface area (Å²) in [5.41, 5.74) is 3.32. The van der Waals surface area contributed by atoms with Crippen molar-refractivity contribution in [3.63, 3.8) is 0 Å². The molecule has 5 nitrogen and oxygen atoms in total. The zero-order chi connectivity index (χ0) is 21.5. The fourth-order valence-electron chi connectivity index (χ4n) is 2.68. The molecule has 0 atom stereocenters. The minimum Gasteiger partial charge on any atom is -0.493 e. The first-order valence-electron chi connectivity index (χ1n) is 9.11. The third kappa shape index (κ3) is 5.84. The summed E-state index contributed by atoms with van der Waals surface area (Å²) >= 11 is 9.54. The predicted octanol–water partition coefficient (Wildman–Crippen LogP) is 6.19. The molecule has 0 aliphatic heterocycles. The Morgan fingerprint density at radius 1 is 1.17 bits per heavy atom. The molecule has 3 aromatic carbocycles. The van der Waals surface area contributed by atoms with E-state index in [1.54, 1.807) is 19.4 Å². The summed E-state index contributed by atoms with van der Waals surface area (Å²) in [5, 5.41) is 3.41. The minimum absolute atomic E-state index is 0.154. The number of anilines is 1. The molecule has 0 heterocycles. The van der Waals surface area contributed by atoms with Crippen molar-refractivity contribution >= 4 is 51.0 Å². The molecule has 0 unspecified atom stereocenters. The van der Waals surface area contributed by atoms with E-state index in [2.05, 4.69) is 26.2 Å². The zero-order valence-corrected chi connectivity index (χ0v) is 18.8. The molecule has 3 aromatic rings. The molecule has 0 aliphatic carbocycles. The quantitative estimate of drug-likeness (QED) is 0.404. The van der Waals surface area contributed by atoms with Crippen LogP contribution in [0.4, 0.5) is 11.4 Å². The molecule has 0 fully saturated rings. The number of hydrogen-bond donors (Lipinski definition) is 1. The summed E-state index contributed by atoms with van der Waals surface area (Å²) < 4.78 is 11.8. The summed E-state index contributed by atoms with van der Waals surface area (Å²) in [6.07, 6.45) is 1.72. The van der Waals surface area contributed by atoms with Gasteiger partial charge in [-0.3, -0.25) is 9.79 Å². The second-order valence-electron chi connectivity index (χ2n) is 6.43. The summed E-state index contributed by atoms with van der Waals surface area (Å²) in [6, 6.07) is 18.4. The number of aryl methyl sites for hydroxylation is 1. The standard InChI is InChI=1S/C23H20BrClN2O3/c1-15-8-9-17(25)12-20(15)26-13-16-10-19(24)23(21(11-16)29-2)30-14-22(28)27-18-6-4-3-5-7-18/h3-13H,14H2,1-2H3,(H,27,28). The monoisotopic (exact) mass is 486 g/mol. The number of nitrogens with one attached hydrogen (secondary N) is 1. The Hall–Kier alpha value is -2.83. The van der Waals surface area contributed by atoms with Crippen LogP contribution in [0.15, 0.2) is 70.1 Å². The van der Waals surface area contributed by atoms with E-state index < -0.39 is 0 Å². The fourth-order valence-corrected chi connectivity index (χ4v) is 3.42. The fraction of sp³-hybridized carbons (Fsp3) is 0.130. The van der Waals surface area contributed by atoms with Gasteiger partial charge in [-0.05, 0) is 70.4 Å². The van der Waals surface area contributed by atoms with Crippen molar-refractivity contribution in [3.05, 3.63) is 81.3 Å². The van der Waals surface area contributed by atoms with Gasteiger partial charge in [0.25, 0.3) is 5.91 Å². The van der Waals surface area contributed by atoms with E-state index in [9.17, 15) is 4.79 Å². The number of para-hydroxylation sites is 1. The number of rotatable bonds is 7. The van der Waals surface area contributed by atoms with Gasteiger partial charge >= 0.3 is 0 Å². The van der Waals surface area contributed by atoms with Crippen molar-refractivity contribution in [2.75, 3.05) is 19.0 Å². The van der Waals surface area contributed by atoms with Crippen LogP contribution in [0.1, 0.15) is 11.1 Å². The molecule has 1 N–H and O–H groups in total. The van der Waals surface area contributed by atoms with E-state index in [4.69, 9.17) is 21.1 Å². The molecule has 154 valence electrons. The van der Waals surface area contributed by atoms with E-state index in [0.717, 1.165) is 16.8 Å². The Balaban J connectivity index is 1.73. The van der Waals surface area contributed by atoms with Crippen LogP contribution in [-0.4, -0.2) is 25.8 Å². The molecule has 0 spiro atoms. The van der Waals surface area contributed by atoms with E-state index in [1.807, 2.05) is 61.5 Å². The van der Waals surface area contributed by atoms with Crippen LogP contribution in [-0.2, 0) is 4.79 Å². The number of ether oxygens (including phenoxy) is 2.